The Morgan fingerprint density at radius 1 is 1.33 bits per heavy atom. The van der Waals surface area contributed by atoms with Crippen molar-refractivity contribution < 1.29 is 9.53 Å². The number of rotatable bonds is 7. The predicted octanol–water partition coefficient (Wildman–Crippen LogP) is 1.75. The van der Waals surface area contributed by atoms with Gasteiger partial charge in [0.2, 0.25) is 5.91 Å². The van der Waals surface area contributed by atoms with Crippen LogP contribution >= 0.6 is 0 Å². The molecule has 116 valence electrons. The number of carbonyl (C=O) groups excluding carboxylic acids is 1. The highest BCUT2D eigenvalue weighted by atomic mass is 16.5. The van der Waals surface area contributed by atoms with E-state index in [9.17, 15) is 4.79 Å². The number of methoxy groups -OCH3 is 1. The Hall–Kier alpha value is -1.39. The van der Waals surface area contributed by atoms with Gasteiger partial charge in [-0.05, 0) is 43.7 Å². The first-order chi connectivity index (χ1) is 10.3. The molecule has 0 aromatic heterocycles. The zero-order valence-electron chi connectivity index (χ0n) is 12.8. The van der Waals surface area contributed by atoms with E-state index in [1.165, 1.54) is 12.0 Å². The van der Waals surface area contributed by atoms with Crippen molar-refractivity contribution in [2.45, 2.75) is 31.7 Å². The molecule has 4 nitrogen and oxygen atoms in total. The van der Waals surface area contributed by atoms with Crippen molar-refractivity contribution in [3.8, 4) is 0 Å². The Morgan fingerprint density at radius 3 is 2.81 bits per heavy atom. The van der Waals surface area contributed by atoms with Crippen LogP contribution in [-0.2, 0) is 16.0 Å². The molecule has 1 aliphatic heterocycles. The fraction of sp³-hybridized carbons (Fsp3) is 0.588. The zero-order chi connectivity index (χ0) is 14.9. The average molecular weight is 290 g/mol. The summed E-state index contributed by atoms with van der Waals surface area (Å²) in [6.07, 6.45) is 4.37. The normalized spacial score (nSPS) is 22.0. The van der Waals surface area contributed by atoms with E-state index in [0.717, 1.165) is 25.8 Å². The lowest BCUT2D eigenvalue weighted by atomic mass is 9.89. The molecule has 1 aromatic rings. The molecular weight excluding hydrogens is 264 g/mol. The van der Waals surface area contributed by atoms with Gasteiger partial charge in [-0.3, -0.25) is 4.79 Å². The smallest absolute Gasteiger partial charge is 0.237 e. The molecule has 1 saturated heterocycles. The number of amides is 1. The van der Waals surface area contributed by atoms with Gasteiger partial charge in [0.1, 0.15) is 0 Å². The van der Waals surface area contributed by atoms with Crippen LogP contribution in [0.2, 0.25) is 0 Å². The molecule has 1 amide bonds. The first kappa shape index (κ1) is 16.0. The fourth-order valence-corrected chi connectivity index (χ4v) is 2.80. The van der Waals surface area contributed by atoms with Crippen LogP contribution in [0.25, 0.3) is 0 Å². The Labute approximate surface area is 127 Å². The van der Waals surface area contributed by atoms with E-state index >= 15 is 0 Å². The molecule has 1 aliphatic rings. The van der Waals surface area contributed by atoms with E-state index in [2.05, 4.69) is 41.0 Å². The summed E-state index contributed by atoms with van der Waals surface area (Å²) in [5, 5.41) is 6.28. The maximum Gasteiger partial charge on any atom is 0.237 e. The summed E-state index contributed by atoms with van der Waals surface area (Å²) in [6.45, 7) is 2.10. The molecular formula is C17H26N2O2. The molecule has 0 bridgehead atoms. The number of hydrogen-bond acceptors (Lipinski definition) is 3. The number of carbonyl (C=O) groups is 1. The number of benzene rings is 1. The molecule has 2 unspecified atom stereocenters. The second-order valence-corrected chi connectivity index (χ2v) is 5.71. The van der Waals surface area contributed by atoms with E-state index in [4.69, 9.17) is 4.74 Å². The number of hydrogen-bond donors (Lipinski definition) is 2. The van der Waals surface area contributed by atoms with Crippen LogP contribution in [0.5, 0.6) is 0 Å². The van der Waals surface area contributed by atoms with Crippen molar-refractivity contribution in [3.63, 3.8) is 0 Å². The largest absolute Gasteiger partial charge is 0.383 e. The quantitative estimate of drug-likeness (QED) is 0.752. The van der Waals surface area contributed by atoms with E-state index < -0.39 is 0 Å². The Kier molecular flexibility index (Phi) is 6.70. The molecule has 1 aromatic carbocycles. The number of piperidine rings is 1. The summed E-state index contributed by atoms with van der Waals surface area (Å²) in [4.78, 5) is 11.9. The van der Waals surface area contributed by atoms with Crippen LogP contribution in [-0.4, -0.2) is 38.8 Å². The third-order valence-corrected chi connectivity index (χ3v) is 4.12. The van der Waals surface area contributed by atoms with Crippen LogP contribution in [0.4, 0.5) is 0 Å². The molecule has 2 atom stereocenters. The topological polar surface area (TPSA) is 50.4 Å². The predicted molar refractivity (Wildman–Crippen MR) is 84.2 cm³/mol. The third kappa shape index (κ3) is 5.48. The molecule has 0 aliphatic carbocycles. The lowest BCUT2D eigenvalue weighted by Gasteiger charge is -2.29. The van der Waals surface area contributed by atoms with Gasteiger partial charge in [-0.15, -0.1) is 0 Å². The number of aryl methyl sites for hydroxylation is 1. The minimum Gasteiger partial charge on any atom is -0.383 e. The third-order valence-electron chi connectivity index (χ3n) is 4.12. The molecule has 1 fully saturated rings. The van der Waals surface area contributed by atoms with Gasteiger partial charge < -0.3 is 15.4 Å². The van der Waals surface area contributed by atoms with E-state index in [0.29, 0.717) is 19.1 Å². The van der Waals surface area contributed by atoms with Gasteiger partial charge >= 0.3 is 0 Å². The molecule has 0 radical (unpaired) electrons. The van der Waals surface area contributed by atoms with Crippen LogP contribution in [0.15, 0.2) is 30.3 Å². The fourth-order valence-electron chi connectivity index (χ4n) is 2.80. The van der Waals surface area contributed by atoms with Crippen molar-refractivity contribution in [3.05, 3.63) is 35.9 Å². The number of nitrogens with one attached hydrogen (secondary N) is 2. The Bertz CT molecular complexity index is 414. The van der Waals surface area contributed by atoms with Crippen LogP contribution in [0.1, 0.15) is 24.8 Å². The molecule has 2 rings (SSSR count). The summed E-state index contributed by atoms with van der Waals surface area (Å²) in [6, 6.07) is 10.6. The lowest BCUT2D eigenvalue weighted by molar-refractivity contribution is -0.124. The van der Waals surface area contributed by atoms with E-state index in [1.807, 2.05) is 0 Å². The Morgan fingerprint density at radius 2 is 2.14 bits per heavy atom. The van der Waals surface area contributed by atoms with Gasteiger partial charge in [-0.2, -0.15) is 0 Å². The second kappa shape index (κ2) is 8.80. The van der Waals surface area contributed by atoms with Gasteiger partial charge in [0.05, 0.1) is 12.6 Å². The molecule has 21 heavy (non-hydrogen) atoms. The highest BCUT2D eigenvalue weighted by molar-refractivity contribution is 5.81. The summed E-state index contributed by atoms with van der Waals surface area (Å²) < 4.78 is 4.94. The summed E-state index contributed by atoms with van der Waals surface area (Å²) in [7, 11) is 1.64. The van der Waals surface area contributed by atoms with E-state index in [-0.39, 0.29) is 11.9 Å². The van der Waals surface area contributed by atoms with Gasteiger partial charge in [0.25, 0.3) is 0 Å². The highest BCUT2D eigenvalue weighted by Gasteiger charge is 2.25. The van der Waals surface area contributed by atoms with Crippen molar-refractivity contribution in [2.24, 2.45) is 5.92 Å². The lowest BCUT2D eigenvalue weighted by Crippen LogP contribution is -2.49. The highest BCUT2D eigenvalue weighted by Crippen LogP contribution is 2.20. The number of ether oxygens (including phenoxy) is 1. The minimum atomic E-state index is -0.0326. The van der Waals surface area contributed by atoms with Gasteiger partial charge in [0.15, 0.2) is 0 Å². The van der Waals surface area contributed by atoms with Crippen molar-refractivity contribution in [1.82, 2.24) is 10.6 Å². The molecule has 0 spiro atoms. The van der Waals surface area contributed by atoms with Crippen molar-refractivity contribution >= 4 is 5.91 Å². The standard InChI is InChI=1S/C17H26N2O2/c1-21-12-11-18-17(20)16-10-9-15(13-19-16)8-7-14-5-3-2-4-6-14/h2-6,15-16,19H,7-13H2,1H3,(H,18,20). The monoisotopic (exact) mass is 290 g/mol. The maximum absolute atomic E-state index is 11.9. The molecule has 1 heterocycles. The maximum atomic E-state index is 11.9. The van der Waals surface area contributed by atoms with Gasteiger partial charge in [-0.1, -0.05) is 30.3 Å². The molecule has 4 heteroatoms. The molecule has 2 N–H and O–H groups in total. The first-order valence-electron chi connectivity index (χ1n) is 7.83. The summed E-state index contributed by atoms with van der Waals surface area (Å²) >= 11 is 0. The minimum absolute atomic E-state index is 0.0326. The van der Waals surface area contributed by atoms with E-state index in [1.54, 1.807) is 7.11 Å². The SMILES string of the molecule is COCCNC(=O)C1CCC(CCc2ccccc2)CN1. The molecule has 0 saturated carbocycles. The van der Waals surface area contributed by atoms with Gasteiger partial charge in [-0.25, -0.2) is 0 Å². The zero-order valence-corrected chi connectivity index (χ0v) is 12.8. The summed E-state index contributed by atoms with van der Waals surface area (Å²) in [5.74, 6) is 0.779. The van der Waals surface area contributed by atoms with Crippen LogP contribution in [0.3, 0.4) is 0 Å². The van der Waals surface area contributed by atoms with Gasteiger partial charge in [0, 0.05) is 13.7 Å². The second-order valence-electron chi connectivity index (χ2n) is 5.71. The summed E-state index contributed by atoms with van der Waals surface area (Å²) in [5.41, 5.74) is 1.40. The Balaban J connectivity index is 1.65. The van der Waals surface area contributed by atoms with Crippen molar-refractivity contribution in [1.29, 1.82) is 0 Å². The first-order valence-corrected chi connectivity index (χ1v) is 7.83. The van der Waals surface area contributed by atoms with Crippen LogP contribution < -0.4 is 10.6 Å². The van der Waals surface area contributed by atoms with Crippen molar-refractivity contribution in [2.75, 3.05) is 26.8 Å². The van der Waals surface area contributed by atoms with Crippen LogP contribution in [0, 0.1) is 5.92 Å². The average Bonchev–Trinajstić information content (AvgIpc) is 2.54.